The van der Waals surface area contributed by atoms with Gasteiger partial charge < -0.3 is 5.11 Å². The van der Waals surface area contributed by atoms with Gasteiger partial charge in [0.25, 0.3) is 0 Å². The Bertz CT molecular complexity index is 244. The second-order valence-corrected chi connectivity index (χ2v) is 4.62. The van der Waals surface area contributed by atoms with E-state index in [1.54, 1.807) is 11.3 Å². The third-order valence-electron chi connectivity index (χ3n) is 1.86. The lowest BCUT2D eigenvalue weighted by molar-refractivity contribution is 0.126. The van der Waals surface area contributed by atoms with Gasteiger partial charge in [0.1, 0.15) is 0 Å². The Morgan fingerprint density at radius 2 is 2.25 bits per heavy atom. The summed E-state index contributed by atoms with van der Waals surface area (Å²) in [5.41, 5.74) is 0. The minimum Gasteiger partial charge on any atom is -0.392 e. The molecule has 1 rings (SSSR count). The van der Waals surface area contributed by atoms with Gasteiger partial charge in [-0.25, -0.2) is 0 Å². The van der Waals surface area contributed by atoms with Gasteiger partial charge in [-0.05, 0) is 17.4 Å². The van der Waals surface area contributed by atoms with Gasteiger partial charge >= 0.3 is 0 Å². The van der Waals surface area contributed by atoms with Crippen LogP contribution in [0, 0.1) is 5.92 Å². The van der Waals surface area contributed by atoms with Gasteiger partial charge in [-0.1, -0.05) is 25.4 Å². The van der Waals surface area contributed by atoms with E-state index in [1.165, 1.54) is 0 Å². The molecule has 1 atom stereocenters. The number of hydrogen-bond acceptors (Lipinski definition) is 2. The van der Waals surface area contributed by atoms with Crippen LogP contribution in [0.3, 0.4) is 0 Å². The highest BCUT2D eigenvalue weighted by Gasteiger charge is 2.12. The maximum atomic E-state index is 9.57. The average Bonchev–Trinajstić information content (AvgIpc) is 2.36. The summed E-state index contributed by atoms with van der Waals surface area (Å²) in [7, 11) is 0. The molecule has 1 aromatic heterocycles. The average molecular weight is 205 g/mol. The molecule has 0 aliphatic rings. The molecular formula is C9H13ClOS. The molecule has 0 amide bonds. The largest absolute Gasteiger partial charge is 0.392 e. The summed E-state index contributed by atoms with van der Waals surface area (Å²) in [5, 5.41) is 12.3. The van der Waals surface area contributed by atoms with Crippen molar-refractivity contribution in [3.05, 3.63) is 21.3 Å². The zero-order valence-corrected chi connectivity index (χ0v) is 8.82. The van der Waals surface area contributed by atoms with Crippen LogP contribution in [0.25, 0.3) is 0 Å². The lowest BCUT2D eigenvalue weighted by atomic mass is 10.0. The van der Waals surface area contributed by atoms with E-state index >= 15 is 0 Å². The molecule has 1 heterocycles. The first-order chi connectivity index (χ1) is 5.61. The fourth-order valence-corrected chi connectivity index (χ4v) is 2.06. The van der Waals surface area contributed by atoms with Crippen LogP contribution in [0.2, 0.25) is 5.02 Å². The third kappa shape index (κ3) is 2.47. The summed E-state index contributed by atoms with van der Waals surface area (Å²) in [5.74, 6) is 0.295. The van der Waals surface area contributed by atoms with Crippen LogP contribution >= 0.6 is 22.9 Å². The Morgan fingerprint density at radius 1 is 1.58 bits per heavy atom. The van der Waals surface area contributed by atoms with E-state index in [0.717, 1.165) is 9.90 Å². The second-order valence-electron chi connectivity index (χ2n) is 3.21. The van der Waals surface area contributed by atoms with Crippen molar-refractivity contribution in [1.29, 1.82) is 0 Å². The number of hydrogen-bond donors (Lipinski definition) is 1. The molecule has 3 heteroatoms. The van der Waals surface area contributed by atoms with Crippen molar-refractivity contribution in [3.8, 4) is 0 Å². The summed E-state index contributed by atoms with van der Waals surface area (Å²) in [6.45, 7) is 4.01. The van der Waals surface area contributed by atoms with E-state index < -0.39 is 0 Å². The zero-order valence-electron chi connectivity index (χ0n) is 7.25. The Balaban J connectivity index is 2.58. The fourth-order valence-electron chi connectivity index (χ4n) is 0.896. The van der Waals surface area contributed by atoms with Gasteiger partial charge in [-0.15, -0.1) is 11.3 Å². The molecule has 1 aromatic rings. The highest BCUT2D eigenvalue weighted by atomic mass is 35.5. The quantitative estimate of drug-likeness (QED) is 0.803. The normalized spacial score (nSPS) is 13.8. The van der Waals surface area contributed by atoms with Crippen molar-refractivity contribution in [2.24, 2.45) is 5.92 Å². The van der Waals surface area contributed by atoms with Crippen LogP contribution in [0.15, 0.2) is 11.4 Å². The molecule has 0 spiro atoms. The predicted molar refractivity (Wildman–Crippen MR) is 53.9 cm³/mol. The fraction of sp³-hybridized carbons (Fsp3) is 0.556. The molecule has 0 saturated heterocycles. The first kappa shape index (κ1) is 10.0. The van der Waals surface area contributed by atoms with Crippen LogP contribution in [0.5, 0.6) is 0 Å². The first-order valence-corrected chi connectivity index (χ1v) is 5.27. The van der Waals surface area contributed by atoms with Gasteiger partial charge in [0.05, 0.1) is 11.1 Å². The van der Waals surface area contributed by atoms with Crippen molar-refractivity contribution in [2.45, 2.75) is 26.4 Å². The summed E-state index contributed by atoms with van der Waals surface area (Å²) in [6, 6.07) is 1.87. The second kappa shape index (κ2) is 4.26. The molecule has 1 nitrogen and oxygen atoms in total. The molecule has 0 saturated carbocycles. The minimum atomic E-state index is -0.277. The van der Waals surface area contributed by atoms with Crippen LogP contribution in [0.1, 0.15) is 18.7 Å². The van der Waals surface area contributed by atoms with E-state index in [9.17, 15) is 5.11 Å². The highest BCUT2D eigenvalue weighted by Crippen LogP contribution is 2.24. The standard InChI is InChI=1S/C9H13ClOS/c1-6(2)8(11)5-9-7(10)3-4-12-9/h3-4,6,8,11H,5H2,1-2H3. The molecule has 0 bridgehead atoms. The van der Waals surface area contributed by atoms with E-state index in [4.69, 9.17) is 11.6 Å². The molecule has 68 valence electrons. The van der Waals surface area contributed by atoms with Gasteiger partial charge in [0, 0.05) is 11.3 Å². The first-order valence-electron chi connectivity index (χ1n) is 4.01. The maximum absolute atomic E-state index is 9.57. The number of halogens is 1. The Kier molecular flexibility index (Phi) is 3.56. The van der Waals surface area contributed by atoms with Crippen LogP contribution in [-0.2, 0) is 6.42 Å². The van der Waals surface area contributed by atoms with E-state index in [0.29, 0.717) is 12.3 Å². The number of rotatable bonds is 3. The zero-order chi connectivity index (χ0) is 9.14. The molecule has 12 heavy (non-hydrogen) atoms. The maximum Gasteiger partial charge on any atom is 0.0611 e. The molecule has 1 unspecified atom stereocenters. The molecular weight excluding hydrogens is 192 g/mol. The summed E-state index contributed by atoms with van der Waals surface area (Å²) < 4.78 is 0. The molecule has 0 aliphatic heterocycles. The third-order valence-corrected chi connectivity index (χ3v) is 3.26. The van der Waals surface area contributed by atoms with Crippen molar-refractivity contribution in [2.75, 3.05) is 0 Å². The molecule has 0 aromatic carbocycles. The topological polar surface area (TPSA) is 20.2 Å². The van der Waals surface area contributed by atoms with Crippen LogP contribution in [-0.4, -0.2) is 11.2 Å². The molecule has 1 N–H and O–H groups in total. The minimum absolute atomic E-state index is 0.277. The SMILES string of the molecule is CC(C)C(O)Cc1sccc1Cl. The van der Waals surface area contributed by atoms with Crippen molar-refractivity contribution in [1.82, 2.24) is 0 Å². The predicted octanol–water partition coefficient (Wildman–Crippen LogP) is 2.96. The smallest absolute Gasteiger partial charge is 0.0611 e. The van der Waals surface area contributed by atoms with Gasteiger partial charge in [-0.3, -0.25) is 0 Å². The number of aliphatic hydroxyl groups is 1. The Morgan fingerprint density at radius 3 is 2.67 bits per heavy atom. The number of aliphatic hydroxyl groups excluding tert-OH is 1. The summed E-state index contributed by atoms with van der Waals surface area (Å²) in [4.78, 5) is 1.08. The van der Waals surface area contributed by atoms with Crippen molar-refractivity contribution >= 4 is 22.9 Å². The van der Waals surface area contributed by atoms with Crippen molar-refractivity contribution in [3.63, 3.8) is 0 Å². The van der Waals surface area contributed by atoms with Crippen molar-refractivity contribution < 1.29 is 5.11 Å². The van der Waals surface area contributed by atoms with E-state index in [1.807, 2.05) is 25.3 Å². The lowest BCUT2D eigenvalue weighted by Gasteiger charge is -2.12. The van der Waals surface area contributed by atoms with Gasteiger partial charge in [-0.2, -0.15) is 0 Å². The molecule has 0 radical (unpaired) electrons. The lowest BCUT2D eigenvalue weighted by Crippen LogP contribution is -2.16. The van der Waals surface area contributed by atoms with Crippen LogP contribution < -0.4 is 0 Å². The van der Waals surface area contributed by atoms with Gasteiger partial charge in [0.2, 0.25) is 0 Å². The molecule has 0 aliphatic carbocycles. The summed E-state index contributed by atoms with van der Waals surface area (Å²) >= 11 is 7.49. The van der Waals surface area contributed by atoms with Crippen LogP contribution in [0.4, 0.5) is 0 Å². The van der Waals surface area contributed by atoms with Gasteiger partial charge in [0.15, 0.2) is 0 Å². The Labute approximate surface area is 82.0 Å². The Hall–Kier alpha value is -0.0500. The summed E-state index contributed by atoms with van der Waals surface area (Å²) in [6.07, 6.45) is 0.398. The molecule has 0 fully saturated rings. The monoisotopic (exact) mass is 204 g/mol. The highest BCUT2D eigenvalue weighted by molar-refractivity contribution is 7.10. The van der Waals surface area contributed by atoms with E-state index in [2.05, 4.69) is 0 Å². The number of thiophene rings is 1. The van der Waals surface area contributed by atoms with E-state index in [-0.39, 0.29) is 6.10 Å².